The first kappa shape index (κ1) is 18.0. The molecule has 1 amide bonds. The maximum atomic E-state index is 12.6. The van der Waals surface area contributed by atoms with Crippen LogP contribution in [0.3, 0.4) is 0 Å². The van der Waals surface area contributed by atoms with Gasteiger partial charge < -0.3 is 14.5 Å². The number of amides is 1. The largest absolute Gasteiger partial charge is 0.481 e. The second-order valence-corrected chi connectivity index (χ2v) is 7.37. The predicted octanol–water partition coefficient (Wildman–Crippen LogP) is 2.14. The standard InChI is InChI=1S/C20H23BrN2O2/c1-16(25-19-9-7-18(21)8-10-19)20(24)23-13-11-22(12-14-23)15-17-5-3-2-4-6-17/h2-10,16H,11-15H2,1H3/p+1/t16-/m0/s1. The van der Waals surface area contributed by atoms with Crippen molar-refractivity contribution in [3.63, 3.8) is 0 Å². The highest BCUT2D eigenvalue weighted by atomic mass is 79.9. The first-order valence-corrected chi connectivity index (χ1v) is 9.49. The van der Waals surface area contributed by atoms with Gasteiger partial charge in [-0.05, 0) is 31.2 Å². The number of benzene rings is 2. The van der Waals surface area contributed by atoms with Crippen molar-refractivity contribution in [2.45, 2.75) is 19.6 Å². The Bertz CT molecular complexity index is 683. The lowest BCUT2D eigenvalue weighted by atomic mass is 10.2. The molecule has 1 aliphatic rings. The van der Waals surface area contributed by atoms with E-state index in [-0.39, 0.29) is 5.91 Å². The van der Waals surface area contributed by atoms with Crippen molar-refractivity contribution < 1.29 is 14.4 Å². The molecule has 25 heavy (non-hydrogen) atoms. The smallest absolute Gasteiger partial charge is 0.263 e. The van der Waals surface area contributed by atoms with Gasteiger partial charge in [0.05, 0.1) is 26.2 Å². The Balaban J connectivity index is 1.48. The van der Waals surface area contributed by atoms with Crippen LogP contribution in [0.4, 0.5) is 0 Å². The average Bonchev–Trinajstić information content (AvgIpc) is 2.64. The van der Waals surface area contributed by atoms with Crippen LogP contribution < -0.4 is 9.64 Å². The lowest BCUT2D eigenvalue weighted by molar-refractivity contribution is -0.917. The SMILES string of the molecule is C[C@H](Oc1ccc(Br)cc1)C(=O)N1CC[NH+](Cc2ccccc2)CC1. The molecular formula is C20H24BrN2O2+. The molecule has 1 atom stereocenters. The second-order valence-electron chi connectivity index (χ2n) is 6.45. The summed E-state index contributed by atoms with van der Waals surface area (Å²) >= 11 is 3.40. The molecule has 5 heteroatoms. The lowest BCUT2D eigenvalue weighted by Crippen LogP contribution is -3.13. The van der Waals surface area contributed by atoms with Crippen LogP contribution in [0.15, 0.2) is 59.1 Å². The minimum atomic E-state index is -0.461. The van der Waals surface area contributed by atoms with E-state index >= 15 is 0 Å². The Kier molecular flexibility index (Phi) is 6.10. The molecule has 2 aromatic rings. The van der Waals surface area contributed by atoms with Crippen molar-refractivity contribution in [3.05, 3.63) is 64.6 Å². The normalized spacial score (nSPS) is 16.5. The van der Waals surface area contributed by atoms with Gasteiger partial charge in [0.1, 0.15) is 12.3 Å². The molecule has 0 spiro atoms. The summed E-state index contributed by atoms with van der Waals surface area (Å²) in [6, 6.07) is 18.1. The van der Waals surface area contributed by atoms with Crippen LogP contribution >= 0.6 is 15.9 Å². The number of ether oxygens (including phenoxy) is 1. The minimum Gasteiger partial charge on any atom is -0.481 e. The third-order valence-electron chi connectivity index (χ3n) is 4.55. The summed E-state index contributed by atoms with van der Waals surface area (Å²) in [4.78, 5) is 16.1. The van der Waals surface area contributed by atoms with E-state index < -0.39 is 6.10 Å². The average molecular weight is 404 g/mol. The molecule has 0 aromatic heterocycles. The fraction of sp³-hybridized carbons (Fsp3) is 0.350. The van der Waals surface area contributed by atoms with E-state index in [0.717, 1.165) is 42.9 Å². The molecule has 1 aliphatic heterocycles. The Morgan fingerprint density at radius 3 is 2.40 bits per heavy atom. The summed E-state index contributed by atoms with van der Waals surface area (Å²) in [5.74, 6) is 0.791. The summed E-state index contributed by atoms with van der Waals surface area (Å²) in [5, 5.41) is 0. The van der Waals surface area contributed by atoms with Crippen LogP contribution in [-0.4, -0.2) is 43.1 Å². The van der Waals surface area contributed by atoms with Gasteiger partial charge in [0.2, 0.25) is 0 Å². The van der Waals surface area contributed by atoms with Crippen molar-refractivity contribution >= 4 is 21.8 Å². The zero-order valence-electron chi connectivity index (χ0n) is 14.5. The van der Waals surface area contributed by atoms with Crippen molar-refractivity contribution in [2.75, 3.05) is 26.2 Å². The van der Waals surface area contributed by atoms with Gasteiger partial charge >= 0.3 is 0 Å². The molecule has 1 fully saturated rings. The molecule has 0 unspecified atom stereocenters. The summed E-state index contributed by atoms with van der Waals surface area (Å²) < 4.78 is 6.78. The molecule has 0 bridgehead atoms. The highest BCUT2D eigenvalue weighted by Gasteiger charge is 2.27. The van der Waals surface area contributed by atoms with Crippen LogP contribution in [0.2, 0.25) is 0 Å². The Labute approximate surface area is 157 Å². The van der Waals surface area contributed by atoms with Crippen LogP contribution in [0, 0.1) is 0 Å². The molecule has 0 aliphatic carbocycles. The van der Waals surface area contributed by atoms with Crippen LogP contribution in [-0.2, 0) is 11.3 Å². The van der Waals surface area contributed by atoms with Crippen molar-refractivity contribution in [3.8, 4) is 5.75 Å². The fourth-order valence-corrected chi connectivity index (χ4v) is 3.39. The molecule has 1 N–H and O–H groups in total. The Morgan fingerprint density at radius 2 is 1.76 bits per heavy atom. The lowest BCUT2D eigenvalue weighted by Gasteiger charge is -2.33. The monoisotopic (exact) mass is 403 g/mol. The van der Waals surface area contributed by atoms with E-state index in [2.05, 4.69) is 40.2 Å². The van der Waals surface area contributed by atoms with Crippen molar-refractivity contribution in [1.29, 1.82) is 0 Å². The zero-order chi connectivity index (χ0) is 17.6. The molecular weight excluding hydrogens is 380 g/mol. The van der Waals surface area contributed by atoms with E-state index in [1.807, 2.05) is 42.2 Å². The number of piperazine rings is 1. The predicted molar refractivity (Wildman–Crippen MR) is 102 cm³/mol. The van der Waals surface area contributed by atoms with E-state index in [4.69, 9.17) is 4.74 Å². The third-order valence-corrected chi connectivity index (χ3v) is 5.08. The molecule has 0 radical (unpaired) electrons. The number of carbonyl (C=O) groups excluding carboxylic acids is 1. The van der Waals surface area contributed by atoms with Gasteiger partial charge in [0.25, 0.3) is 5.91 Å². The minimum absolute atomic E-state index is 0.0710. The Hall–Kier alpha value is -1.85. The van der Waals surface area contributed by atoms with Gasteiger partial charge in [-0.2, -0.15) is 0 Å². The van der Waals surface area contributed by atoms with Crippen molar-refractivity contribution in [2.24, 2.45) is 0 Å². The van der Waals surface area contributed by atoms with Crippen LogP contribution in [0.5, 0.6) is 5.75 Å². The van der Waals surface area contributed by atoms with Gasteiger partial charge in [-0.25, -0.2) is 0 Å². The van der Waals surface area contributed by atoms with E-state index in [1.165, 1.54) is 10.5 Å². The first-order chi connectivity index (χ1) is 12.1. The zero-order valence-corrected chi connectivity index (χ0v) is 16.0. The summed E-state index contributed by atoms with van der Waals surface area (Å²) in [6.07, 6.45) is -0.461. The number of nitrogens with zero attached hydrogens (tertiary/aromatic N) is 1. The number of hydrogen-bond donors (Lipinski definition) is 1. The molecule has 132 valence electrons. The number of nitrogens with one attached hydrogen (secondary N) is 1. The number of quaternary nitrogens is 1. The molecule has 2 aromatic carbocycles. The first-order valence-electron chi connectivity index (χ1n) is 8.70. The Morgan fingerprint density at radius 1 is 1.12 bits per heavy atom. The molecule has 1 saturated heterocycles. The van der Waals surface area contributed by atoms with Gasteiger partial charge in [0.15, 0.2) is 6.10 Å². The summed E-state index contributed by atoms with van der Waals surface area (Å²) in [7, 11) is 0. The topological polar surface area (TPSA) is 34.0 Å². The van der Waals surface area contributed by atoms with Crippen LogP contribution in [0.25, 0.3) is 0 Å². The van der Waals surface area contributed by atoms with E-state index in [1.54, 1.807) is 0 Å². The van der Waals surface area contributed by atoms with E-state index in [0.29, 0.717) is 0 Å². The second kappa shape index (κ2) is 8.50. The maximum Gasteiger partial charge on any atom is 0.263 e. The number of halogens is 1. The number of rotatable bonds is 5. The van der Waals surface area contributed by atoms with Gasteiger partial charge in [-0.1, -0.05) is 46.3 Å². The molecule has 1 heterocycles. The molecule has 0 saturated carbocycles. The highest BCUT2D eigenvalue weighted by Crippen LogP contribution is 2.17. The van der Waals surface area contributed by atoms with Crippen LogP contribution in [0.1, 0.15) is 12.5 Å². The number of carbonyl (C=O) groups is 1. The molecule has 3 rings (SSSR count). The molecule has 4 nitrogen and oxygen atoms in total. The van der Waals surface area contributed by atoms with Crippen molar-refractivity contribution in [1.82, 2.24) is 4.90 Å². The maximum absolute atomic E-state index is 12.6. The highest BCUT2D eigenvalue weighted by molar-refractivity contribution is 9.10. The third kappa shape index (κ3) is 5.06. The number of hydrogen-bond acceptors (Lipinski definition) is 2. The van der Waals surface area contributed by atoms with Gasteiger partial charge in [0, 0.05) is 10.0 Å². The quantitative estimate of drug-likeness (QED) is 0.829. The fourth-order valence-electron chi connectivity index (χ4n) is 3.13. The van der Waals surface area contributed by atoms with E-state index in [9.17, 15) is 4.79 Å². The summed E-state index contributed by atoms with van der Waals surface area (Å²) in [6.45, 7) is 6.38. The van der Waals surface area contributed by atoms with Gasteiger partial charge in [-0.3, -0.25) is 4.79 Å². The van der Waals surface area contributed by atoms with Gasteiger partial charge in [-0.15, -0.1) is 0 Å². The summed E-state index contributed by atoms with van der Waals surface area (Å²) in [5.41, 5.74) is 1.35.